The predicted molar refractivity (Wildman–Crippen MR) is 48.2 cm³/mol. The number of ether oxygens (including phenoxy) is 1. The van der Waals surface area contributed by atoms with Gasteiger partial charge in [0.2, 0.25) is 0 Å². The fraction of sp³-hybridized carbons (Fsp3) is 1.00. The molecule has 0 radical (unpaired) electrons. The van der Waals surface area contributed by atoms with E-state index in [1.165, 1.54) is 32.5 Å². The lowest BCUT2D eigenvalue weighted by Crippen LogP contribution is -2.44. The molecule has 0 amide bonds. The van der Waals surface area contributed by atoms with Crippen molar-refractivity contribution in [3.63, 3.8) is 0 Å². The minimum absolute atomic E-state index is 0.637. The second-order valence-electron chi connectivity index (χ2n) is 3.83. The smallest absolute Gasteiger partial charge is 0.0620 e. The third kappa shape index (κ3) is 2.19. The minimum Gasteiger partial charge on any atom is -0.380 e. The monoisotopic (exact) mass is 170 g/mol. The quantitative estimate of drug-likeness (QED) is 0.622. The van der Waals surface area contributed by atoms with Gasteiger partial charge in [-0.05, 0) is 38.4 Å². The molecule has 2 saturated heterocycles. The van der Waals surface area contributed by atoms with Crippen LogP contribution < -0.4 is 10.6 Å². The van der Waals surface area contributed by atoms with Crippen LogP contribution in [0.2, 0.25) is 0 Å². The summed E-state index contributed by atoms with van der Waals surface area (Å²) in [6.45, 7) is 5.48. The van der Waals surface area contributed by atoms with Gasteiger partial charge in [-0.1, -0.05) is 0 Å². The number of rotatable bonds is 4. The first-order valence-corrected chi connectivity index (χ1v) is 4.97. The zero-order valence-corrected chi connectivity index (χ0v) is 7.51. The molecule has 1 atom stereocenters. The van der Waals surface area contributed by atoms with Crippen LogP contribution in [0.25, 0.3) is 0 Å². The van der Waals surface area contributed by atoms with E-state index in [9.17, 15) is 0 Å². The summed E-state index contributed by atoms with van der Waals surface area (Å²) in [5, 5.41) is 6.82. The Morgan fingerprint density at radius 3 is 2.92 bits per heavy atom. The maximum Gasteiger partial charge on any atom is 0.0620 e. The average molecular weight is 170 g/mol. The zero-order chi connectivity index (χ0) is 8.23. The Balaban J connectivity index is 1.49. The van der Waals surface area contributed by atoms with Crippen LogP contribution in [0.3, 0.4) is 0 Å². The topological polar surface area (TPSA) is 33.3 Å². The van der Waals surface area contributed by atoms with Crippen molar-refractivity contribution >= 4 is 0 Å². The molecule has 0 aromatic heterocycles. The van der Waals surface area contributed by atoms with Gasteiger partial charge in [-0.3, -0.25) is 0 Å². The summed E-state index contributed by atoms with van der Waals surface area (Å²) < 4.78 is 5.28. The van der Waals surface area contributed by atoms with Gasteiger partial charge < -0.3 is 15.4 Å². The lowest BCUT2D eigenvalue weighted by atomic mass is 9.99. The first-order chi connectivity index (χ1) is 5.95. The molecule has 2 N–H and O–H groups in total. The summed E-state index contributed by atoms with van der Waals surface area (Å²) in [6, 6.07) is 0.637. The van der Waals surface area contributed by atoms with Crippen molar-refractivity contribution in [1.29, 1.82) is 0 Å². The van der Waals surface area contributed by atoms with E-state index in [-0.39, 0.29) is 0 Å². The van der Waals surface area contributed by atoms with Gasteiger partial charge in [-0.2, -0.15) is 0 Å². The Hall–Kier alpha value is -0.120. The van der Waals surface area contributed by atoms with E-state index in [0.29, 0.717) is 6.04 Å². The molecule has 70 valence electrons. The third-order valence-corrected chi connectivity index (χ3v) is 2.78. The van der Waals surface area contributed by atoms with Crippen molar-refractivity contribution < 1.29 is 4.74 Å². The molecule has 2 aliphatic rings. The van der Waals surface area contributed by atoms with E-state index in [0.717, 1.165) is 19.1 Å². The molecule has 3 heteroatoms. The van der Waals surface area contributed by atoms with Crippen LogP contribution in [0.5, 0.6) is 0 Å². The van der Waals surface area contributed by atoms with E-state index < -0.39 is 0 Å². The van der Waals surface area contributed by atoms with E-state index >= 15 is 0 Å². The normalized spacial score (nSPS) is 30.5. The van der Waals surface area contributed by atoms with Crippen molar-refractivity contribution in [2.45, 2.75) is 18.9 Å². The van der Waals surface area contributed by atoms with Crippen LogP contribution in [-0.4, -0.2) is 38.9 Å². The van der Waals surface area contributed by atoms with Crippen molar-refractivity contribution in [1.82, 2.24) is 10.6 Å². The van der Waals surface area contributed by atoms with Crippen LogP contribution in [0.4, 0.5) is 0 Å². The molecule has 0 spiro atoms. The SMILES string of the molecule is C(CC1CNC1)NC1CCOC1. The first kappa shape index (κ1) is 8.48. The Bertz CT molecular complexity index is 130. The highest BCUT2D eigenvalue weighted by Crippen LogP contribution is 2.08. The van der Waals surface area contributed by atoms with Gasteiger partial charge in [0.1, 0.15) is 0 Å². The molecule has 3 nitrogen and oxygen atoms in total. The number of nitrogens with one attached hydrogen (secondary N) is 2. The summed E-state index contributed by atoms with van der Waals surface area (Å²) in [6.07, 6.45) is 2.52. The van der Waals surface area contributed by atoms with E-state index in [4.69, 9.17) is 4.74 Å². The first-order valence-electron chi connectivity index (χ1n) is 4.97. The lowest BCUT2D eigenvalue weighted by Gasteiger charge is -2.27. The maximum atomic E-state index is 5.28. The van der Waals surface area contributed by atoms with Crippen LogP contribution in [-0.2, 0) is 4.74 Å². The van der Waals surface area contributed by atoms with Crippen LogP contribution in [0.15, 0.2) is 0 Å². The summed E-state index contributed by atoms with van der Waals surface area (Å²) in [5.74, 6) is 0.930. The van der Waals surface area contributed by atoms with Gasteiger partial charge in [0.15, 0.2) is 0 Å². The largest absolute Gasteiger partial charge is 0.380 e. The van der Waals surface area contributed by atoms with Crippen LogP contribution >= 0.6 is 0 Å². The second kappa shape index (κ2) is 4.21. The Kier molecular flexibility index (Phi) is 2.98. The molecule has 0 aromatic rings. The Labute approximate surface area is 73.9 Å². The molecule has 2 rings (SSSR count). The molecule has 1 unspecified atom stereocenters. The summed E-state index contributed by atoms with van der Waals surface area (Å²) in [7, 11) is 0. The van der Waals surface area contributed by atoms with Gasteiger partial charge in [0.05, 0.1) is 6.61 Å². The molecule has 0 bridgehead atoms. The Morgan fingerprint density at radius 2 is 2.33 bits per heavy atom. The van der Waals surface area contributed by atoms with Crippen LogP contribution in [0.1, 0.15) is 12.8 Å². The van der Waals surface area contributed by atoms with Gasteiger partial charge >= 0.3 is 0 Å². The van der Waals surface area contributed by atoms with Crippen molar-refractivity contribution in [2.24, 2.45) is 5.92 Å². The van der Waals surface area contributed by atoms with Crippen LogP contribution in [0, 0.1) is 5.92 Å². The maximum absolute atomic E-state index is 5.28. The molecule has 0 saturated carbocycles. The van der Waals surface area contributed by atoms with Gasteiger partial charge in [0, 0.05) is 12.6 Å². The summed E-state index contributed by atoms with van der Waals surface area (Å²) in [5.41, 5.74) is 0. The molecular formula is C9H18N2O. The fourth-order valence-corrected chi connectivity index (χ4v) is 1.74. The molecule has 2 heterocycles. The molecular weight excluding hydrogens is 152 g/mol. The highest BCUT2D eigenvalue weighted by molar-refractivity contribution is 4.77. The number of hydrogen-bond donors (Lipinski definition) is 2. The zero-order valence-electron chi connectivity index (χ0n) is 7.51. The molecule has 2 fully saturated rings. The second-order valence-corrected chi connectivity index (χ2v) is 3.83. The minimum atomic E-state index is 0.637. The fourth-order valence-electron chi connectivity index (χ4n) is 1.74. The third-order valence-electron chi connectivity index (χ3n) is 2.78. The average Bonchev–Trinajstić information content (AvgIpc) is 2.46. The van der Waals surface area contributed by atoms with Crippen molar-refractivity contribution in [2.75, 3.05) is 32.8 Å². The van der Waals surface area contributed by atoms with Gasteiger partial charge in [0.25, 0.3) is 0 Å². The van der Waals surface area contributed by atoms with Crippen molar-refractivity contribution in [3.05, 3.63) is 0 Å². The van der Waals surface area contributed by atoms with Gasteiger partial charge in [-0.25, -0.2) is 0 Å². The number of hydrogen-bond acceptors (Lipinski definition) is 3. The van der Waals surface area contributed by atoms with E-state index in [2.05, 4.69) is 10.6 Å². The standard InChI is InChI=1S/C9H18N2O/c1(8-5-10-6-8)3-11-9-2-4-12-7-9/h8-11H,1-7H2. The summed E-state index contributed by atoms with van der Waals surface area (Å²) in [4.78, 5) is 0. The van der Waals surface area contributed by atoms with E-state index in [1.807, 2.05) is 0 Å². The van der Waals surface area contributed by atoms with Gasteiger partial charge in [-0.15, -0.1) is 0 Å². The molecule has 0 aliphatic carbocycles. The predicted octanol–water partition coefficient (Wildman–Crippen LogP) is -0.0256. The molecule has 2 aliphatic heterocycles. The van der Waals surface area contributed by atoms with Crippen molar-refractivity contribution in [3.8, 4) is 0 Å². The Morgan fingerprint density at radius 1 is 1.42 bits per heavy atom. The van der Waals surface area contributed by atoms with E-state index in [1.54, 1.807) is 0 Å². The summed E-state index contributed by atoms with van der Waals surface area (Å²) >= 11 is 0. The molecule has 0 aromatic carbocycles. The highest BCUT2D eigenvalue weighted by atomic mass is 16.5. The molecule has 12 heavy (non-hydrogen) atoms. The lowest BCUT2D eigenvalue weighted by molar-refractivity contribution is 0.189. The highest BCUT2D eigenvalue weighted by Gasteiger charge is 2.18.